The van der Waals surface area contributed by atoms with Crippen molar-refractivity contribution in [2.24, 2.45) is 10.2 Å². The van der Waals surface area contributed by atoms with Gasteiger partial charge < -0.3 is 38.5 Å². The fourth-order valence-corrected chi connectivity index (χ4v) is 4.80. The number of nitrogens with zero attached hydrogens (tertiary/aromatic N) is 4. The van der Waals surface area contributed by atoms with Gasteiger partial charge in [-0.05, 0) is 35.7 Å². The maximum absolute atomic E-state index is 12.9. The first-order valence-corrected chi connectivity index (χ1v) is 12.8. The third-order valence-corrected chi connectivity index (χ3v) is 6.99. The first-order valence-electron chi connectivity index (χ1n) is 11.2. The van der Waals surface area contributed by atoms with E-state index in [2.05, 4.69) is 26.7 Å². The number of anilines is 1. The largest absolute Gasteiger partial charge is 1.00 e. The second-order valence-electron chi connectivity index (χ2n) is 7.87. The molecule has 0 aliphatic carbocycles. The molecule has 15 heteroatoms. The predicted molar refractivity (Wildman–Crippen MR) is 136 cm³/mol. The van der Waals surface area contributed by atoms with Gasteiger partial charge in [0.05, 0.1) is 24.8 Å². The number of aliphatic hydroxyl groups excluding tert-OH is 1. The topological polar surface area (TPSA) is 134 Å². The minimum absolute atomic E-state index is 0. The maximum Gasteiger partial charge on any atom is 1.00 e. The summed E-state index contributed by atoms with van der Waals surface area (Å²) >= 11 is 0. The standard InChI is InChI=1S/C21H20F3N5O4S.C3H7O.Li/c1-25-26-12-16-4-3-5-19(27-16)28-20(30)17-10-15-13-29(8-6-14(15)11-18(17)33-2)34(31,32)9-7-21(22,23)24;1-2-3-4;/h1,3-5,10-11H,6-9,13H2,2H3,(H,27,28,30);2,4H,3H2,1H3;/q-2;-1;+1. The summed E-state index contributed by atoms with van der Waals surface area (Å²) in [6.07, 6.45) is -1.59. The number of nitrogens with one attached hydrogen (secondary N) is 1. The number of methoxy groups -OCH3 is 1. The van der Waals surface area contributed by atoms with Crippen molar-refractivity contribution >= 4 is 34.7 Å². The van der Waals surface area contributed by atoms with Gasteiger partial charge in [-0.1, -0.05) is 18.5 Å². The molecule has 0 spiro atoms. The molecule has 2 heterocycles. The molecule has 39 heavy (non-hydrogen) atoms. The van der Waals surface area contributed by atoms with Crippen LogP contribution in [0.15, 0.2) is 40.5 Å². The summed E-state index contributed by atoms with van der Waals surface area (Å²) in [7, 11) is -2.75. The maximum atomic E-state index is 12.9. The van der Waals surface area contributed by atoms with Crippen molar-refractivity contribution in [2.45, 2.75) is 32.5 Å². The number of hydrogen-bond donors (Lipinski definition) is 2. The van der Waals surface area contributed by atoms with Crippen LogP contribution in [0.3, 0.4) is 0 Å². The number of hydrogen-bond acceptors (Lipinski definition) is 8. The Morgan fingerprint density at radius 2 is 2.03 bits per heavy atom. The molecule has 1 aromatic heterocycles. The van der Waals surface area contributed by atoms with Gasteiger partial charge in [-0.15, -0.1) is 6.07 Å². The minimum atomic E-state index is -4.58. The Balaban J connectivity index is 0.00000142. The Morgan fingerprint density at radius 1 is 1.33 bits per heavy atom. The number of aromatic nitrogens is 1. The molecule has 2 N–H and O–H groups in total. The molecule has 208 valence electrons. The molecule has 3 rings (SSSR count). The van der Waals surface area contributed by atoms with Gasteiger partial charge in [0, 0.05) is 13.1 Å². The van der Waals surface area contributed by atoms with E-state index in [0.29, 0.717) is 5.56 Å². The van der Waals surface area contributed by atoms with E-state index >= 15 is 0 Å². The van der Waals surface area contributed by atoms with E-state index < -0.39 is 34.3 Å². The summed E-state index contributed by atoms with van der Waals surface area (Å²) in [6.45, 7) is 6.81. The number of amides is 1. The molecule has 1 amide bonds. The van der Waals surface area contributed by atoms with E-state index in [1.807, 2.05) is 0 Å². The number of sulfonamides is 1. The van der Waals surface area contributed by atoms with Crippen LogP contribution in [0.1, 0.15) is 40.5 Å². The summed E-state index contributed by atoms with van der Waals surface area (Å²) in [4.78, 5) is 17.1. The number of fused-ring (bicyclic) bond motifs is 1. The number of carbonyl (C=O) groups is 1. The average molecular weight is 562 g/mol. The van der Waals surface area contributed by atoms with E-state index in [-0.39, 0.29) is 67.8 Å². The van der Waals surface area contributed by atoms with Crippen molar-refractivity contribution in [3.63, 3.8) is 0 Å². The van der Waals surface area contributed by atoms with Crippen LogP contribution in [0.4, 0.5) is 19.0 Å². The van der Waals surface area contributed by atoms with E-state index in [4.69, 9.17) is 16.6 Å². The van der Waals surface area contributed by atoms with E-state index in [0.717, 1.165) is 9.87 Å². The van der Waals surface area contributed by atoms with Crippen LogP contribution < -0.4 is 28.9 Å². The van der Waals surface area contributed by atoms with Crippen LogP contribution in [-0.4, -0.2) is 73.8 Å². The molecular formula is C24H27F3LiN5O5S-2. The Bertz CT molecular complexity index is 1260. The monoisotopic (exact) mass is 561 g/mol. The molecule has 1 aliphatic rings. The Kier molecular flexibility index (Phi) is 13.8. The molecule has 0 radical (unpaired) electrons. The zero-order valence-electron chi connectivity index (χ0n) is 21.7. The number of carbonyl (C=O) groups excluding carboxylic acids is 1. The predicted octanol–water partition coefficient (Wildman–Crippen LogP) is -0.0218. The molecule has 0 unspecified atom stereocenters. The van der Waals surface area contributed by atoms with Crippen molar-refractivity contribution in [1.29, 1.82) is 0 Å². The zero-order chi connectivity index (χ0) is 28.3. The first kappa shape index (κ1) is 34.3. The van der Waals surface area contributed by atoms with Gasteiger partial charge in [0.2, 0.25) is 10.0 Å². The van der Waals surface area contributed by atoms with Crippen LogP contribution in [0.5, 0.6) is 5.75 Å². The van der Waals surface area contributed by atoms with Gasteiger partial charge in [0.25, 0.3) is 5.91 Å². The summed E-state index contributed by atoms with van der Waals surface area (Å²) in [6, 6.07) is 7.79. The first-order chi connectivity index (χ1) is 17.9. The number of aliphatic hydroxyl groups is 1. The van der Waals surface area contributed by atoms with Gasteiger partial charge in [0.15, 0.2) is 0 Å². The van der Waals surface area contributed by atoms with Crippen LogP contribution in [0.2, 0.25) is 0 Å². The van der Waals surface area contributed by atoms with Gasteiger partial charge in [0.1, 0.15) is 11.6 Å². The van der Waals surface area contributed by atoms with Gasteiger partial charge >= 0.3 is 25.0 Å². The van der Waals surface area contributed by atoms with Crippen molar-refractivity contribution in [1.82, 2.24) is 9.29 Å². The molecule has 0 atom stereocenters. The molecule has 0 bridgehead atoms. The van der Waals surface area contributed by atoms with Gasteiger partial charge in [-0.2, -0.15) is 30.5 Å². The molecule has 0 saturated carbocycles. The van der Waals surface area contributed by atoms with Crippen molar-refractivity contribution in [2.75, 3.05) is 31.3 Å². The summed E-state index contributed by atoms with van der Waals surface area (Å²) in [5.74, 6) is -1.18. The number of alkyl halides is 3. The fourth-order valence-electron chi connectivity index (χ4n) is 3.35. The van der Waals surface area contributed by atoms with E-state index in [9.17, 15) is 26.4 Å². The third kappa shape index (κ3) is 10.7. The number of benzene rings is 1. The van der Waals surface area contributed by atoms with E-state index in [1.54, 1.807) is 31.5 Å². The van der Waals surface area contributed by atoms with Crippen LogP contribution in [0.25, 0.3) is 0 Å². The van der Waals surface area contributed by atoms with Crippen molar-refractivity contribution in [3.8, 4) is 5.75 Å². The normalized spacial score (nSPS) is 13.5. The van der Waals surface area contributed by atoms with Gasteiger partial charge in [-0.25, -0.2) is 8.42 Å². The summed E-state index contributed by atoms with van der Waals surface area (Å²) in [5.41, 5.74) is 1.62. The second kappa shape index (κ2) is 15.7. The van der Waals surface area contributed by atoms with Crippen molar-refractivity contribution < 1.29 is 55.1 Å². The van der Waals surface area contributed by atoms with Crippen molar-refractivity contribution in [3.05, 3.63) is 59.1 Å². The van der Waals surface area contributed by atoms with Crippen LogP contribution in [0, 0.1) is 6.42 Å². The van der Waals surface area contributed by atoms with Gasteiger partial charge in [-0.3, -0.25) is 9.78 Å². The molecular weight excluding hydrogens is 534 g/mol. The molecule has 1 aromatic carbocycles. The smallest absolute Gasteiger partial charge is 0.496 e. The summed E-state index contributed by atoms with van der Waals surface area (Å²) < 4.78 is 68.7. The molecule has 0 saturated heterocycles. The Labute approximate surface area is 237 Å². The Hall–Kier alpha value is -2.76. The minimum Gasteiger partial charge on any atom is -0.496 e. The number of halogens is 3. The average Bonchev–Trinajstić information content (AvgIpc) is 2.89. The Morgan fingerprint density at radius 3 is 2.62 bits per heavy atom. The number of pyridine rings is 1. The third-order valence-electron chi connectivity index (χ3n) is 5.18. The van der Waals surface area contributed by atoms with E-state index in [1.165, 1.54) is 19.2 Å². The number of ether oxygens (including phenoxy) is 1. The molecule has 0 fully saturated rings. The molecule has 2 aromatic rings. The second-order valence-corrected chi connectivity index (χ2v) is 9.95. The van der Waals surface area contributed by atoms with Crippen LogP contribution in [-0.2, 0) is 23.0 Å². The SMILES string of the molecule is C[CH-]CO.[CH-]=NN=[C-]c1cccc(NC(=O)c2cc3c(cc2OC)CCN(S(=O)(=O)CCC(F)(F)F)C3)n1.[Li+]. The van der Waals surface area contributed by atoms with Crippen LogP contribution >= 0.6 is 0 Å². The molecule has 10 nitrogen and oxygen atoms in total. The number of rotatable bonds is 9. The fraction of sp³-hybridized carbons (Fsp3) is 0.375. The molecule has 1 aliphatic heterocycles. The summed E-state index contributed by atoms with van der Waals surface area (Å²) in [5, 5.41) is 16.9. The zero-order valence-corrected chi connectivity index (χ0v) is 22.5. The quantitative estimate of drug-likeness (QED) is 0.191.